The Morgan fingerprint density at radius 3 is 2.65 bits per heavy atom. The van der Waals surface area contributed by atoms with Gasteiger partial charge in [0.2, 0.25) is 5.91 Å². The number of fused-ring (bicyclic) bond motifs is 3. The molecule has 3 amide bonds. The number of anilines is 1. The second kappa shape index (κ2) is 5.18. The first-order valence-electron chi connectivity index (χ1n) is 8.29. The van der Waals surface area contributed by atoms with Crippen molar-refractivity contribution in [3.8, 4) is 0 Å². The van der Waals surface area contributed by atoms with E-state index in [2.05, 4.69) is 5.32 Å². The molecule has 1 aromatic rings. The minimum atomic E-state index is -0.311. The molecule has 1 N–H and O–H groups in total. The Labute approximate surface area is 135 Å². The van der Waals surface area contributed by atoms with Crippen LogP contribution in [0.3, 0.4) is 0 Å². The van der Waals surface area contributed by atoms with E-state index in [0.717, 1.165) is 16.7 Å². The number of nitrogens with zero attached hydrogens (tertiary/aromatic N) is 1. The molecule has 3 atom stereocenters. The van der Waals surface area contributed by atoms with Crippen molar-refractivity contribution < 1.29 is 14.4 Å². The van der Waals surface area contributed by atoms with Crippen molar-refractivity contribution in [2.24, 2.45) is 17.8 Å². The van der Waals surface area contributed by atoms with Gasteiger partial charge >= 0.3 is 0 Å². The Morgan fingerprint density at radius 2 is 1.96 bits per heavy atom. The van der Waals surface area contributed by atoms with Gasteiger partial charge in [0.1, 0.15) is 0 Å². The van der Waals surface area contributed by atoms with E-state index in [9.17, 15) is 14.4 Å². The van der Waals surface area contributed by atoms with Crippen LogP contribution in [0.5, 0.6) is 0 Å². The molecule has 3 aliphatic rings. The molecule has 2 bridgehead atoms. The predicted molar refractivity (Wildman–Crippen MR) is 85.1 cm³/mol. The summed E-state index contributed by atoms with van der Waals surface area (Å²) >= 11 is 0. The highest BCUT2D eigenvalue weighted by atomic mass is 16.2. The van der Waals surface area contributed by atoms with Crippen LogP contribution >= 0.6 is 0 Å². The summed E-state index contributed by atoms with van der Waals surface area (Å²) < 4.78 is 0. The number of rotatable bonds is 3. The third-order valence-electron chi connectivity index (χ3n) is 5.71. The van der Waals surface area contributed by atoms with Crippen LogP contribution in [-0.2, 0) is 4.79 Å². The van der Waals surface area contributed by atoms with Gasteiger partial charge in [0.15, 0.2) is 0 Å². The monoisotopic (exact) mass is 312 g/mol. The fourth-order valence-electron chi connectivity index (χ4n) is 4.52. The van der Waals surface area contributed by atoms with Crippen LogP contribution in [0.15, 0.2) is 18.2 Å². The van der Waals surface area contributed by atoms with E-state index >= 15 is 0 Å². The van der Waals surface area contributed by atoms with Crippen LogP contribution in [0.1, 0.15) is 52.8 Å². The molecule has 23 heavy (non-hydrogen) atoms. The van der Waals surface area contributed by atoms with Crippen molar-refractivity contribution in [3.05, 3.63) is 29.3 Å². The van der Waals surface area contributed by atoms with Crippen molar-refractivity contribution in [1.29, 1.82) is 0 Å². The highest BCUT2D eigenvalue weighted by molar-refractivity contribution is 6.21. The summed E-state index contributed by atoms with van der Waals surface area (Å²) in [4.78, 5) is 37.2. The van der Waals surface area contributed by atoms with Gasteiger partial charge in [-0.3, -0.25) is 19.3 Å². The number of hydrogen-bond acceptors (Lipinski definition) is 3. The molecule has 5 heteroatoms. The highest BCUT2D eigenvalue weighted by Crippen LogP contribution is 2.49. The van der Waals surface area contributed by atoms with Crippen molar-refractivity contribution in [2.75, 3.05) is 12.4 Å². The SMILES string of the molecule is CN1C(=O)c2ccc(NC(=O)C[C@@H]3C[C@@H]4CC[C@@H]3C4)cc2C1=O. The zero-order valence-corrected chi connectivity index (χ0v) is 13.2. The molecule has 2 aliphatic carbocycles. The maximum Gasteiger partial charge on any atom is 0.261 e. The molecule has 1 heterocycles. The lowest BCUT2D eigenvalue weighted by atomic mass is 9.86. The second-order valence-corrected chi connectivity index (χ2v) is 7.12. The lowest BCUT2D eigenvalue weighted by molar-refractivity contribution is -0.117. The molecule has 0 spiro atoms. The quantitative estimate of drug-likeness (QED) is 0.873. The zero-order chi connectivity index (χ0) is 16.1. The van der Waals surface area contributed by atoms with Crippen LogP contribution in [0.25, 0.3) is 0 Å². The van der Waals surface area contributed by atoms with Gasteiger partial charge in [-0.1, -0.05) is 6.42 Å². The summed E-state index contributed by atoms with van der Waals surface area (Å²) in [5, 5.41) is 2.89. The molecule has 120 valence electrons. The zero-order valence-electron chi connectivity index (χ0n) is 13.2. The second-order valence-electron chi connectivity index (χ2n) is 7.12. The van der Waals surface area contributed by atoms with Gasteiger partial charge in [-0.05, 0) is 55.2 Å². The molecule has 2 fully saturated rings. The number of imide groups is 1. The smallest absolute Gasteiger partial charge is 0.261 e. The summed E-state index contributed by atoms with van der Waals surface area (Å²) in [5.74, 6) is 1.47. The Balaban J connectivity index is 1.44. The molecule has 0 saturated heterocycles. The number of carbonyl (C=O) groups is 3. The Hall–Kier alpha value is -2.17. The predicted octanol–water partition coefficient (Wildman–Crippen LogP) is 2.68. The molecule has 1 aromatic carbocycles. The van der Waals surface area contributed by atoms with E-state index in [4.69, 9.17) is 0 Å². The number of carbonyl (C=O) groups excluding carboxylic acids is 3. The van der Waals surface area contributed by atoms with Gasteiger partial charge in [-0.15, -0.1) is 0 Å². The van der Waals surface area contributed by atoms with Crippen LogP contribution in [0.4, 0.5) is 5.69 Å². The maximum absolute atomic E-state index is 12.3. The molecular weight excluding hydrogens is 292 g/mol. The van der Waals surface area contributed by atoms with Gasteiger partial charge in [-0.2, -0.15) is 0 Å². The maximum atomic E-state index is 12.3. The normalized spacial score (nSPS) is 28.4. The third kappa shape index (κ3) is 2.35. The van der Waals surface area contributed by atoms with Gasteiger partial charge in [-0.25, -0.2) is 0 Å². The average Bonchev–Trinajstić information content (AvgIpc) is 3.19. The summed E-state index contributed by atoms with van der Waals surface area (Å²) in [6, 6.07) is 4.92. The van der Waals surface area contributed by atoms with E-state index in [-0.39, 0.29) is 17.7 Å². The van der Waals surface area contributed by atoms with Crippen molar-refractivity contribution in [2.45, 2.75) is 32.1 Å². The van der Waals surface area contributed by atoms with E-state index < -0.39 is 0 Å². The van der Waals surface area contributed by atoms with E-state index in [1.54, 1.807) is 18.2 Å². The number of amides is 3. The van der Waals surface area contributed by atoms with Crippen LogP contribution < -0.4 is 5.32 Å². The summed E-state index contributed by atoms with van der Waals surface area (Å²) in [7, 11) is 1.47. The van der Waals surface area contributed by atoms with Crippen LogP contribution in [0.2, 0.25) is 0 Å². The van der Waals surface area contributed by atoms with Gasteiger partial charge < -0.3 is 5.32 Å². The van der Waals surface area contributed by atoms with Crippen molar-refractivity contribution in [3.63, 3.8) is 0 Å². The fourth-order valence-corrected chi connectivity index (χ4v) is 4.52. The first-order valence-corrected chi connectivity index (χ1v) is 8.29. The summed E-state index contributed by atoms with van der Waals surface area (Å²) in [6.07, 6.45) is 5.63. The van der Waals surface area contributed by atoms with Gasteiger partial charge in [0, 0.05) is 19.2 Å². The van der Waals surface area contributed by atoms with Gasteiger partial charge in [0.05, 0.1) is 11.1 Å². The number of hydrogen-bond donors (Lipinski definition) is 1. The molecule has 2 saturated carbocycles. The fraction of sp³-hybridized carbons (Fsp3) is 0.500. The van der Waals surface area contributed by atoms with E-state index in [1.807, 2.05) is 0 Å². The van der Waals surface area contributed by atoms with Crippen LogP contribution in [0, 0.1) is 17.8 Å². The lowest BCUT2D eigenvalue weighted by Gasteiger charge is -2.20. The molecule has 4 rings (SSSR count). The molecule has 0 unspecified atom stereocenters. The first kappa shape index (κ1) is 14.4. The summed E-state index contributed by atoms with van der Waals surface area (Å²) in [6.45, 7) is 0. The average molecular weight is 312 g/mol. The standard InChI is InChI=1S/C18H20N2O3/c1-20-17(22)14-5-4-13(9-15(14)18(20)23)19-16(21)8-12-7-10-2-3-11(12)6-10/h4-5,9-12H,2-3,6-8H2,1H3,(H,19,21)/t10-,11-,12+/m1/s1. The molecule has 5 nitrogen and oxygen atoms in total. The summed E-state index contributed by atoms with van der Waals surface area (Å²) in [5.41, 5.74) is 1.37. The van der Waals surface area contributed by atoms with E-state index in [0.29, 0.717) is 29.2 Å². The first-order chi connectivity index (χ1) is 11.0. The Bertz CT molecular complexity index is 712. The molecule has 0 aromatic heterocycles. The Morgan fingerprint density at radius 1 is 1.17 bits per heavy atom. The van der Waals surface area contributed by atoms with E-state index in [1.165, 1.54) is 32.7 Å². The number of benzene rings is 1. The minimum absolute atomic E-state index is 0.00706. The highest BCUT2D eigenvalue weighted by Gasteiger charge is 2.40. The third-order valence-corrected chi connectivity index (χ3v) is 5.71. The van der Waals surface area contributed by atoms with Gasteiger partial charge in [0.25, 0.3) is 11.8 Å². The topological polar surface area (TPSA) is 66.5 Å². The Kier molecular flexibility index (Phi) is 3.25. The van der Waals surface area contributed by atoms with Crippen LogP contribution in [-0.4, -0.2) is 29.7 Å². The van der Waals surface area contributed by atoms with Crippen molar-refractivity contribution in [1.82, 2.24) is 4.90 Å². The number of nitrogens with one attached hydrogen (secondary N) is 1. The molecular formula is C18H20N2O3. The lowest BCUT2D eigenvalue weighted by Crippen LogP contribution is -2.24. The van der Waals surface area contributed by atoms with Crippen molar-refractivity contribution >= 4 is 23.4 Å². The molecule has 0 radical (unpaired) electrons. The largest absolute Gasteiger partial charge is 0.326 e. The minimum Gasteiger partial charge on any atom is -0.326 e. The molecule has 1 aliphatic heterocycles.